The number of aryl methyl sites for hydroxylation is 1. The van der Waals surface area contributed by atoms with Crippen molar-refractivity contribution in [2.45, 2.75) is 13.5 Å². The van der Waals surface area contributed by atoms with E-state index in [1.165, 1.54) is 30.3 Å². The van der Waals surface area contributed by atoms with E-state index in [-0.39, 0.29) is 28.6 Å². The zero-order chi connectivity index (χ0) is 26.0. The minimum atomic E-state index is -0.874. The van der Waals surface area contributed by atoms with Gasteiger partial charge in [0.1, 0.15) is 17.9 Å². The van der Waals surface area contributed by atoms with Crippen molar-refractivity contribution < 1.29 is 24.0 Å². The van der Waals surface area contributed by atoms with Crippen LogP contribution in [0.5, 0.6) is 5.75 Å². The van der Waals surface area contributed by atoms with E-state index in [1.807, 2.05) is 0 Å². The molecule has 4 amide bonds. The van der Waals surface area contributed by atoms with Crippen molar-refractivity contribution in [2.75, 3.05) is 4.90 Å². The molecule has 1 N–H and O–H groups in total. The molecule has 182 valence electrons. The molecule has 11 heteroatoms. The number of imide groups is 2. The molecular weight excluding hydrogens is 509 g/mol. The highest BCUT2D eigenvalue weighted by Crippen LogP contribution is 2.30. The summed E-state index contributed by atoms with van der Waals surface area (Å²) >= 11 is 12.4. The molecule has 0 spiro atoms. The molecule has 1 saturated heterocycles. The smallest absolute Gasteiger partial charge is 0.335 e. The fraction of sp³-hybridized carbons (Fsp3) is 0.0800. The lowest BCUT2D eigenvalue weighted by atomic mass is 10.1. The SMILES string of the molecule is Cc1ccc(Cl)cc1N1C(=O)NC(=O)/C(=C\c2ccc(OCc3ccc([N+](=O)[O-])cc3)c(Cl)c2)C1=O. The molecule has 3 aromatic rings. The number of barbiturate groups is 1. The highest BCUT2D eigenvalue weighted by atomic mass is 35.5. The van der Waals surface area contributed by atoms with E-state index in [2.05, 4.69) is 5.32 Å². The number of benzene rings is 3. The van der Waals surface area contributed by atoms with Crippen molar-refractivity contribution in [2.24, 2.45) is 0 Å². The number of urea groups is 1. The van der Waals surface area contributed by atoms with Gasteiger partial charge < -0.3 is 4.74 Å². The van der Waals surface area contributed by atoms with Crippen LogP contribution in [-0.2, 0) is 16.2 Å². The van der Waals surface area contributed by atoms with Crippen molar-refractivity contribution in [3.05, 3.63) is 103 Å². The highest BCUT2D eigenvalue weighted by Gasteiger charge is 2.37. The molecule has 1 aliphatic rings. The topological polar surface area (TPSA) is 119 Å². The number of rotatable bonds is 6. The summed E-state index contributed by atoms with van der Waals surface area (Å²) in [6.45, 7) is 1.83. The van der Waals surface area contributed by atoms with Crippen LogP contribution in [0.2, 0.25) is 10.0 Å². The summed E-state index contributed by atoms with van der Waals surface area (Å²) < 4.78 is 5.69. The van der Waals surface area contributed by atoms with Gasteiger partial charge in [0.25, 0.3) is 17.5 Å². The van der Waals surface area contributed by atoms with Gasteiger partial charge in [-0.05, 0) is 66.1 Å². The molecule has 4 rings (SSSR count). The monoisotopic (exact) mass is 525 g/mol. The van der Waals surface area contributed by atoms with Crippen molar-refractivity contribution >= 4 is 58.5 Å². The molecule has 0 atom stereocenters. The lowest BCUT2D eigenvalue weighted by Crippen LogP contribution is -2.54. The maximum atomic E-state index is 13.1. The van der Waals surface area contributed by atoms with Gasteiger partial charge in [0.05, 0.1) is 15.6 Å². The summed E-state index contributed by atoms with van der Waals surface area (Å²) in [7, 11) is 0. The van der Waals surface area contributed by atoms with E-state index < -0.39 is 22.8 Å². The maximum absolute atomic E-state index is 13.1. The van der Waals surface area contributed by atoms with Crippen LogP contribution in [0.1, 0.15) is 16.7 Å². The normalized spacial score (nSPS) is 14.7. The quantitative estimate of drug-likeness (QED) is 0.197. The van der Waals surface area contributed by atoms with Gasteiger partial charge >= 0.3 is 6.03 Å². The number of nitrogens with zero attached hydrogens (tertiary/aromatic N) is 2. The Hall–Kier alpha value is -4.21. The Balaban J connectivity index is 1.55. The van der Waals surface area contributed by atoms with E-state index in [0.29, 0.717) is 27.5 Å². The van der Waals surface area contributed by atoms with Crippen LogP contribution in [0.15, 0.2) is 66.2 Å². The third-order valence-corrected chi connectivity index (χ3v) is 5.85. The number of non-ortho nitro benzene ring substituents is 1. The number of ether oxygens (including phenoxy) is 1. The summed E-state index contributed by atoms with van der Waals surface area (Å²) in [6.07, 6.45) is 1.32. The van der Waals surface area contributed by atoms with Gasteiger partial charge in [0.2, 0.25) is 0 Å². The Labute approximate surface area is 215 Å². The van der Waals surface area contributed by atoms with Crippen LogP contribution in [0, 0.1) is 17.0 Å². The number of carbonyl (C=O) groups is 3. The van der Waals surface area contributed by atoms with Crippen molar-refractivity contribution in [1.82, 2.24) is 5.32 Å². The molecule has 3 aromatic carbocycles. The fourth-order valence-corrected chi connectivity index (χ4v) is 3.88. The van der Waals surface area contributed by atoms with Gasteiger partial charge in [-0.25, -0.2) is 9.69 Å². The first kappa shape index (κ1) is 24.9. The van der Waals surface area contributed by atoms with Gasteiger partial charge in [-0.15, -0.1) is 0 Å². The molecule has 1 aliphatic heterocycles. The lowest BCUT2D eigenvalue weighted by molar-refractivity contribution is -0.384. The summed E-state index contributed by atoms with van der Waals surface area (Å²) in [4.78, 5) is 49.2. The number of amides is 4. The Morgan fingerprint density at radius 1 is 1.03 bits per heavy atom. The van der Waals surface area contributed by atoms with Crippen LogP contribution in [0.4, 0.5) is 16.2 Å². The van der Waals surface area contributed by atoms with Crippen molar-refractivity contribution in [3.8, 4) is 5.75 Å². The average molecular weight is 526 g/mol. The van der Waals surface area contributed by atoms with E-state index in [4.69, 9.17) is 27.9 Å². The molecule has 0 aromatic heterocycles. The van der Waals surface area contributed by atoms with E-state index in [0.717, 1.165) is 4.90 Å². The number of carbonyl (C=O) groups excluding carboxylic acids is 3. The molecule has 0 aliphatic carbocycles. The predicted molar refractivity (Wildman–Crippen MR) is 134 cm³/mol. The van der Waals surface area contributed by atoms with Gasteiger partial charge in [0.15, 0.2) is 0 Å². The summed E-state index contributed by atoms with van der Waals surface area (Å²) in [5, 5.41) is 13.5. The van der Waals surface area contributed by atoms with E-state index >= 15 is 0 Å². The second kappa shape index (κ2) is 10.2. The average Bonchev–Trinajstić information content (AvgIpc) is 2.83. The Kier molecular flexibility index (Phi) is 7.05. The first-order chi connectivity index (χ1) is 17.1. The molecule has 9 nitrogen and oxygen atoms in total. The van der Waals surface area contributed by atoms with Crippen LogP contribution in [-0.4, -0.2) is 22.8 Å². The summed E-state index contributed by atoms with van der Waals surface area (Å²) in [5.41, 5.74) is 1.73. The van der Waals surface area contributed by atoms with E-state index in [1.54, 1.807) is 43.3 Å². The Morgan fingerprint density at radius 2 is 1.75 bits per heavy atom. The minimum absolute atomic E-state index is 0.0266. The van der Waals surface area contributed by atoms with Crippen LogP contribution < -0.4 is 15.0 Å². The van der Waals surface area contributed by atoms with Crippen molar-refractivity contribution in [1.29, 1.82) is 0 Å². The fourth-order valence-electron chi connectivity index (χ4n) is 3.47. The lowest BCUT2D eigenvalue weighted by Gasteiger charge is -2.27. The Morgan fingerprint density at radius 3 is 2.42 bits per heavy atom. The third-order valence-electron chi connectivity index (χ3n) is 5.32. The van der Waals surface area contributed by atoms with Gasteiger partial charge in [-0.3, -0.25) is 25.0 Å². The number of nitro benzene ring substituents is 1. The second-order valence-electron chi connectivity index (χ2n) is 7.79. The standard InChI is InChI=1S/C25H17Cl2N3O6/c1-14-2-6-17(26)12-21(14)29-24(32)19(23(31)28-25(29)33)10-16-5-9-22(20(27)11-16)36-13-15-3-7-18(8-4-15)30(34)35/h2-12H,13H2,1H3,(H,28,31,33)/b19-10+. The van der Waals surface area contributed by atoms with Gasteiger partial charge in [0, 0.05) is 17.2 Å². The third kappa shape index (κ3) is 5.22. The van der Waals surface area contributed by atoms with Crippen LogP contribution in [0.3, 0.4) is 0 Å². The number of anilines is 1. The molecule has 0 radical (unpaired) electrons. The second-order valence-corrected chi connectivity index (χ2v) is 8.63. The summed E-state index contributed by atoms with van der Waals surface area (Å²) in [5.74, 6) is -1.30. The Bertz CT molecular complexity index is 1440. The van der Waals surface area contributed by atoms with Gasteiger partial charge in [-0.1, -0.05) is 35.3 Å². The number of hydrogen-bond donors (Lipinski definition) is 1. The number of hydrogen-bond acceptors (Lipinski definition) is 6. The molecule has 36 heavy (non-hydrogen) atoms. The molecule has 1 fully saturated rings. The van der Waals surface area contributed by atoms with Gasteiger partial charge in [-0.2, -0.15) is 0 Å². The molecular formula is C25H17Cl2N3O6. The predicted octanol–water partition coefficient (Wildman–Crippen LogP) is 5.46. The largest absolute Gasteiger partial charge is 0.487 e. The molecule has 0 saturated carbocycles. The zero-order valence-electron chi connectivity index (χ0n) is 18.7. The highest BCUT2D eigenvalue weighted by molar-refractivity contribution is 6.40. The molecule has 0 unspecified atom stereocenters. The van der Waals surface area contributed by atoms with Crippen LogP contribution >= 0.6 is 23.2 Å². The summed E-state index contributed by atoms with van der Waals surface area (Å²) in [6, 6.07) is 14.4. The maximum Gasteiger partial charge on any atom is 0.335 e. The zero-order valence-corrected chi connectivity index (χ0v) is 20.2. The number of nitro groups is 1. The molecule has 1 heterocycles. The van der Waals surface area contributed by atoms with Crippen LogP contribution in [0.25, 0.3) is 6.08 Å². The minimum Gasteiger partial charge on any atom is -0.487 e. The number of halogens is 2. The number of nitrogens with one attached hydrogen (secondary N) is 1. The van der Waals surface area contributed by atoms with Crippen molar-refractivity contribution in [3.63, 3.8) is 0 Å². The first-order valence-electron chi connectivity index (χ1n) is 10.5. The first-order valence-corrected chi connectivity index (χ1v) is 11.2. The van der Waals surface area contributed by atoms with E-state index in [9.17, 15) is 24.5 Å². The molecule has 0 bridgehead atoms.